The van der Waals surface area contributed by atoms with Gasteiger partial charge in [0, 0.05) is 5.92 Å². The van der Waals surface area contributed by atoms with Gasteiger partial charge in [-0.15, -0.1) is 6.58 Å². The van der Waals surface area contributed by atoms with E-state index in [0.717, 1.165) is 41.7 Å². The Balaban J connectivity index is 1.47. The number of benzene rings is 2. The number of carbonyl (C=O) groups excluding carboxylic acids is 1. The molecule has 4 rings (SSSR count). The number of allylic oxidation sites excluding steroid dienone is 1. The van der Waals surface area contributed by atoms with E-state index in [1.807, 2.05) is 48.5 Å². The van der Waals surface area contributed by atoms with Crippen LogP contribution in [0.25, 0.3) is 11.0 Å². The van der Waals surface area contributed by atoms with Gasteiger partial charge in [0.2, 0.25) is 5.91 Å². The summed E-state index contributed by atoms with van der Waals surface area (Å²) in [6, 6.07) is 13.9. The van der Waals surface area contributed by atoms with Crippen molar-refractivity contribution in [3.05, 3.63) is 66.5 Å². The van der Waals surface area contributed by atoms with Crippen molar-refractivity contribution in [3.8, 4) is 11.5 Å². The third kappa shape index (κ3) is 4.48. The van der Waals surface area contributed by atoms with Crippen LogP contribution in [0.15, 0.2) is 55.1 Å². The van der Waals surface area contributed by atoms with Gasteiger partial charge in [0.15, 0.2) is 11.5 Å². The van der Waals surface area contributed by atoms with Crippen molar-refractivity contribution in [2.75, 3.05) is 13.7 Å². The summed E-state index contributed by atoms with van der Waals surface area (Å²) in [5, 5.41) is 3.02. The first kappa shape index (κ1) is 20.0. The van der Waals surface area contributed by atoms with E-state index in [-0.39, 0.29) is 11.8 Å². The predicted octanol–water partition coefficient (Wildman–Crippen LogP) is 3.88. The number of nitrogens with one attached hydrogen (secondary N) is 1. The molecule has 6 nitrogen and oxygen atoms in total. The molecule has 1 saturated carbocycles. The van der Waals surface area contributed by atoms with Gasteiger partial charge in [-0.2, -0.15) is 0 Å². The van der Waals surface area contributed by atoms with Crippen LogP contribution in [-0.2, 0) is 24.3 Å². The Morgan fingerprint density at radius 2 is 2.10 bits per heavy atom. The third-order valence-corrected chi connectivity index (χ3v) is 5.28. The number of ether oxygens (including phenoxy) is 2. The summed E-state index contributed by atoms with van der Waals surface area (Å²) in [7, 11) is 1.64. The van der Waals surface area contributed by atoms with E-state index in [0.29, 0.717) is 31.2 Å². The lowest BCUT2D eigenvalue weighted by Gasteiger charge is -2.14. The van der Waals surface area contributed by atoms with Gasteiger partial charge in [-0.25, -0.2) is 4.98 Å². The summed E-state index contributed by atoms with van der Waals surface area (Å²) in [6.45, 7) is 5.27. The summed E-state index contributed by atoms with van der Waals surface area (Å²) in [4.78, 5) is 16.8. The largest absolute Gasteiger partial charge is 0.493 e. The van der Waals surface area contributed by atoms with E-state index in [1.54, 1.807) is 7.11 Å². The number of amides is 1. The maximum Gasteiger partial charge on any atom is 0.223 e. The zero-order valence-electron chi connectivity index (χ0n) is 17.3. The van der Waals surface area contributed by atoms with Crippen molar-refractivity contribution in [2.24, 2.45) is 5.92 Å². The van der Waals surface area contributed by atoms with E-state index in [9.17, 15) is 4.79 Å². The monoisotopic (exact) mass is 405 g/mol. The van der Waals surface area contributed by atoms with Crippen molar-refractivity contribution in [2.45, 2.75) is 32.4 Å². The van der Waals surface area contributed by atoms with Crippen LogP contribution < -0.4 is 14.8 Å². The molecule has 30 heavy (non-hydrogen) atoms. The summed E-state index contributed by atoms with van der Waals surface area (Å²) in [6.07, 6.45) is 4.63. The van der Waals surface area contributed by atoms with Gasteiger partial charge in [0.25, 0.3) is 0 Å². The lowest BCUT2D eigenvalue weighted by Crippen LogP contribution is -2.26. The maximum absolute atomic E-state index is 12.1. The van der Waals surface area contributed by atoms with Crippen molar-refractivity contribution < 1.29 is 14.3 Å². The van der Waals surface area contributed by atoms with Crippen LogP contribution in [0, 0.1) is 5.92 Å². The van der Waals surface area contributed by atoms with Crippen LogP contribution in [0.3, 0.4) is 0 Å². The fourth-order valence-corrected chi connectivity index (χ4v) is 3.54. The van der Waals surface area contributed by atoms with E-state index in [2.05, 4.69) is 16.5 Å². The minimum absolute atomic E-state index is 0.120. The van der Waals surface area contributed by atoms with Crippen LogP contribution in [-0.4, -0.2) is 29.2 Å². The van der Waals surface area contributed by atoms with Crippen molar-refractivity contribution in [1.29, 1.82) is 0 Å². The highest BCUT2D eigenvalue weighted by atomic mass is 16.5. The molecule has 1 N–H and O–H groups in total. The van der Waals surface area contributed by atoms with Crippen molar-refractivity contribution in [3.63, 3.8) is 0 Å². The molecule has 1 amide bonds. The first-order valence-electron chi connectivity index (χ1n) is 10.3. The second-order valence-corrected chi connectivity index (χ2v) is 7.49. The normalized spacial score (nSPS) is 13.2. The molecule has 1 fully saturated rings. The molecule has 156 valence electrons. The minimum atomic E-state index is 0.120. The highest BCUT2D eigenvalue weighted by molar-refractivity contribution is 5.81. The number of aromatic nitrogens is 2. The molecular formula is C24H27N3O3. The first-order valence-corrected chi connectivity index (χ1v) is 10.3. The van der Waals surface area contributed by atoms with Crippen LogP contribution in [0.2, 0.25) is 0 Å². The number of imidazole rings is 1. The lowest BCUT2D eigenvalue weighted by atomic mass is 10.1. The molecule has 1 heterocycles. The zero-order chi connectivity index (χ0) is 20.9. The van der Waals surface area contributed by atoms with E-state index in [4.69, 9.17) is 14.5 Å². The molecule has 0 atom stereocenters. The second kappa shape index (κ2) is 9.03. The highest BCUT2D eigenvalue weighted by Crippen LogP contribution is 2.29. The third-order valence-electron chi connectivity index (χ3n) is 5.28. The van der Waals surface area contributed by atoms with Gasteiger partial charge in [-0.05, 0) is 49.1 Å². The van der Waals surface area contributed by atoms with Gasteiger partial charge < -0.3 is 19.4 Å². The second-order valence-electron chi connectivity index (χ2n) is 7.49. The summed E-state index contributed by atoms with van der Waals surface area (Å²) < 4.78 is 13.6. The molecular weight excluding hydrogens is 378 g/mol. The van der Waals surface area contributed by atoms with Gasteiger partial charge in [0.1, 0.15) is 12.4 Å². The van der Waals surface area contributed by atoms with Crippen LogP contribution in [0.4, 0.5) is 0 Å². The molecule has 0 aliphatic heterocycles. The van der Waals surface area contributed by atoms with Gasteiger partial charge >= 0.3 is 0 Å². The maximum atomic E-state index is 12.1. The smallest absolute Gasteiger partial charge is 0.223 e. The molecule has 0 radical (unpaired) electrons. The number of hydrogen-bond donors (Lipinski definition) is 1. The Morgan fingerprint density at radius 1 is 1.27 bits per heavy atom. The Bertz CT molecular complexity index is 1050. The Hall–Kier alpha value is -3.28. The van der Waals surface area contributed by atoms with Crippen LogP contribution in [0.5, 0.6) is 11.5 Å². The Morgan fingerprint density at radius 3 is 2.87 bits per heavy atom. The fourth-order valence-electron chi connectivity index (χ4n) is 3.54. The highest BCUT2D eigenvalue weighted by Gasteiger charge is 2.29. The van der Waals surface area contributed by atoms with Gasteiger partial charge in [-0.3, -0.25) is 4.79 Å². The molecule has 0 saturated heterocycles. The zero-order valence-corrected chi connectivity index (χ0v) is 17.3. The number of carbonyl (C=O) groups is 1. The van der Waals surface area contributed by atoms with Gasteiger partial charge in [-0.1, -0.05) is 24.3 Å². The minimum Gasteiger partial charge on any atom is -0.493 e. The van der Waals surface area contributed by atoms with Crippen LogP contribution >= 0.6 is 0 Å². The van der Waals surface area contributed by atoms with E-state index in [1.165, 1.54) is 0 Å². The average Bonchev–Trinajstić information content (AvgIpc) is 3.56. The van der Waals surface area contributed by atoms with Crippen LogP contribution in [0.1, 0.15) is 24.2 Å². The molecule has 6 heteroatoms. The topological polar surface area (TPSA) is 65.4 Å². The SMILES string of the molecule is C=CCc1ccc(OCCn2c(CNC(=O)C3CC3)nc3ccccc32)c(OC)c1. The molecule has 1 aliphatic carbocycles. The average molecular weight is 405 g/mol. The molecule has 0 unspecified atom stereocenters. The van der Waals surface area contributed by atoms with Crippen molar-refractivity contribution >= 4 is 16.9 Å². The molecule has 2 aromatic carbocycles. The molecule has 1 aromatic heterocycles. The molecule has 0 spiro atoms. The summed E-state index contributed by atoms with van der Waals surface area (Å²) in [5.74, 6) is 2.55. The summed E-state index contributed by atoms with van der Waals surface area (Å²) >= 11 is 0. The number of methoxy groups -OCH3 is 1. The fraction of sp³-hybridized carbons (Fsp3) is 0.333. The number of hydrogen-bond acceptors (Lipinski definition) is 4. The quantitative estimate of drug-likeness (QED) is 0.520. The number of rotatable bonds is 10. The summed E-state index contributed by atoms with van der Waals surface area (Å²) in [5.41, 5.74) is 3.08. The number of nitrogens with zero attached hydrogens (tertiary/aromatic N) is 2. The number of fused-ring (bicyclic) bond motifs is 1. The predicted molar refractivity (Wildman–Crippen MR) is 117 cm³/mol. The Kier molecular flexibility index (Phi) is 6.02. The number of para-hydroxylation sites is 2. The van der Waals surface area contributed by atoms with Crippen molar-refractivity contribution in [1.82, 2.24) is 14.9 Å². The Labute approximate surface area is 176 Å². The molecule has 0 bridgehead atoms. The standard InChI is InChI=1S/C24H27N3O3/c1-3-6-17-9-12-21(22(15-17)29-2)30-14-13-27-20-8-5-4-7-19(20)26-23(27)16-25-24(28)18-10-11-18/h3-5,7-9,12,15,18H,1,6,10-11,13-14,16H2,2H3,(H,25,28). The van der Waals surface area contributed by atoms with Gasteiger partial charge in [0.05, 0.1) is 31.2 Å². The first-order chi connectivity index (χ1) is 14.7. The molecule has 3 aromatic rings. The van der Waals surface area contributed by atoms with E-state index >= 15 is 0 Å². The lowest BCUT2D eigenvalue weighted by molar-refractivity contribution is -0.122. The molecule has 1 aliphatic rings. The van der Waals surface area contributed by atoms with E-state index < -0.39 is 0 Å².